The third-order valence-electron chi connectivity index (χ3n) is 3.84. The van der Waals surface area contributed by atoms with Gasteiger partial charge in [0.05, 0.1) is 5.92 Å². The van der Waals surface area contributed by atoms with Gasteiger partial charge >= 0.3 is 0 Å². The SMILES string of the molecule is CCc1nnc(NC(=O)[C@@H]2CC(=O)N(c3ccc(C)cc3)C2)s1. The van der Waals surface area contributed by atoms with Crippen molar-refractivity contribution in [2.45, 2.75) is 26.7 Å². The number of hydrogen-bond acceptors (Lipinski definition) is 5. The Labute approximate surface area is 138 Å². The molecule has 3 rings (SSSR count). The first-order chi connectivity index (χ1) is 11.1. The van der Waals surface area contributed by atoms with Gasteiger partial charge in [0.1, 0.15) is 5.01 Å². The van der Waals surface area contributed by atoms with Crippen molar-refractivity contribution in [1.29, 1.82) is 0 Å². The molecule has 1 aliphatic heterocycles. The molecule has 2 aromatic rings. The lowest BCUT2D eigenvalue weighted by Crippen LogP contribution is -2.28. The first-order valence-electron chi connectivity index (χ1n) is 7.57. The fourth-order valence-corrected chi connectivity index (χ4v) is 3.19. The number of aryl methyl sites for hydroxylation is 2. The minimum absolute atomic E-state index is 0.0273. The van der Waals surface area contributed by atoms with Crippen LogP contribution in [-0.2, 0) is 16.0 Å². The average molecular weight is 330 g/mol. The van der Waals surface area contributed by atoms with Crippen LogP contribution in [0.15, 0.2) is 24.3 Å². The van der Waals surface area contributed by atoms with E-state index in [-0.39, 0.29) is 24.2 Å². The van der Waals surface area contributed by atoms with Crippen LogP contribution in [0.5, 0.6) is 0 Å². The van der Waals surface area contributed by atoms with Gasteiger partial charge in [-0.05, 0) is 25.5 Å². The lowest BCUT2D eigenvalue weighted by molar-refractivity contribution is -0.122. The van der Waals surface area contributed by atoms with Crippen molar-refractivity contribution in [2.24, 2.45) is 5.92 Å². The molecule has 7 heteroatoms. The largest absolute Gasteiger partial charge is 0.312 e. The van der Waals surface area contributed by atoms with Crippen molar-refractivity contribution in [3.05, 3.63) is 34.8 Å². The molecule has 1 saturated heterocycles. The fraction of sp³-hybridized carbons (Fsp3) is 0.375. The molecule has 6 nitrogen and oxygen atoms in total. The Bertz CT molecular complexity index is 726. The zero-order valence-corrected chi connectivity index (χ0v) is 13.9. The molecular weight excluding hydrogens is 312 g/mol. The molecule has 1 aromatic carbocycles. The normalized spacial score (nSPS) is 17.6. The molecule has 2 heterocycles. The predicted octanol–water partition coefficient (Wildman–Crippen LogP) is 2.40. The number of hydrogen-bond donors (Lipinski definition) is 1. The van der Waals surface area contributed by atoms with Gasteiger partial charge in [0.15, 0.2) is 0 Å². The number of amides is 2. The van der Waals surface area contributed by atoms with Crippen LogP contribution < -0.4 is 10.2 Å². The van der Waals surface area contributed by atoms with Gasteiger partial charge in [0.25, 0.3) is 0 Å². The van der Waals surface area contributed by atoms with E-state index in [4.69, 9.17) is 0 Å². The van der Waals surface area contributed by atoms with Crippen molar-refractivity contribution in [2.75, 3.05) is 16.8 Å². The Morgan fingerprint density at radius 1 is 1.35 bits per heavy atom. The van der Waals surface area contributed by atoms with E-state index >= 15 is 0 Å². The van der Waals surface area contributed by atoms with Crippen molar-refractivity contribution in [3.8, 4) is 0 Å². The standard InChI is InChI=1S/C16H18N4O2S/c1-3-13-18-19-16(23-13)17-15(22)11-8-14(21)20(9-11)12-6-4-10(2)5-7-12/h4-7,11H,3,8-9H2,1-2H3,(H,17,19,22)/t11-/m1/s1. The van der Waals surface area contributed by atoms with Gasteiger partial charge in [-0.15, -0.1) is 10.2 Å². The third kappa shape index (κ3) is 3.39. The van der Waals surface area contributed by atoms with E-state index in [1.54, 1.807) is 4.90 Å². The Hall–Kier alpha value is -2.28. The highest BCUT2D eigenvalue weighted by Crippen LogP contribution is 2.26. The van der Waals surface area contributed by atoms with E-state index in [2.05, 4.69) is 15.5 Å². The summed E-state index contributed by atoms with van der Waals surface area (Å²) < 4.78 is 0. The smallest absolute Gasteiger partial charge is 0.231 e. The van der Waals surface area contributed by atoms with Gasteiger partial charge in [-0.1, -0.05) is 36.0 Å². The summed E-state index contributed by atoms with van der Waals surface area (Å²) in [5, 5.41) is 12.1. The summed E-state index contributed by atoms with van der Waals surface area (Å²) in [5.41, 5.74) is 1.97. The van der Waals surface area contributed by atoms with Gasteiger partial charge in [0.2, 0.25) is 16.9 Å². The molecule has 0 spiro atoms. The number of carbonyl (C=O) groups is 2. The molecule has 0 radical (unpaired) electrons. The Morgan fingerprint density at radius 3 is 2.74 bits per heavy atom. The van der Waals surface area contributed by atoms with Crippen LogP contribution in [0.3, 0.4) is 0 Å². The number of aromatic nitrogens is 2. The second kappa shape index (κ2) is 6.45. The summed E-state index contributed by atoms with van der Waals surface area (Å²) in [4.78, 5) is 26.2. The molecule has 1 N–H and O–H groups in total. The topological polar surface area (TPSA) is 75.2 Å². The van der Waals surface area contributed by atoms with Gasteiger partial charge in [-0.2, -0.15) is 0 Å². The van der Waals surface area contributed by atoms with Crippen LogP contribution in [0.2, 0.25) is 0 Å². The van der Waals surface area contributed by atoms with Gasteiger partial charge in [-0.3, -0.25) is 9.59 Å². The first-order valence-corrected chi connectivity index (χ1v) is 8.38. The van der Waals surface area contributed by atoms with Gasteiger partial charge in [-0.25, -0.2) is 0 Å². The highest BCUT2D eigenvalue weighted by atomic mass is 32.1. The molecule has 23 heavy (non-hydrogen) atoms. The van der Waals surface area contributed by atoms with Crippen LogP contribution in [0, 0.1) is 12.8 Å². The van der Waals surface area contributed by atoms with E-state index in [0.29, 0.717) is 11.7 Å². The van der Waals surface area contributed by atoms with E-state index in [1.807, 2.05) is 38.1 Å². The van der Waals surface area contributed by atoms with Crippen molar-refractivity contribution >= 4 is 34.0 Å². The van der Waals surface area contributed by atoms with Gasteiger partial charge < -0.3 is 10.2 Å². The summed E-state index contributed by atoms with van der Waals surface area (Å²) in [6, 6.07) is 7.74. The molecule has 120 valence electrons. The van der Waals surface area contributed by atoms with E-state index in [9.17, 15) is 9.59 Å². The second-order valence-corrected chi connectivity index (χ2v) is 6.65. The zero-order chi connectivity index (χ0) is 16.4. The summed E-state index contributed by atoms with van der Waals surface area (Å²) in [5.74, 6) is -0.565. The second-order valence-electron chi connectivity index (χ2n) is 5.58. The van der Waals surface area contributed by atoms with Crippen molar-refractivity contribution in [1.82, 2.24) is 10.2 Å². The number of nitrogens with zero attached hydrogens (tertiary/aromatic N) is 3. The Kier molecular flexibility index (Phi) is 4.38. The van der Waals surface area contributed by atoms with Crippen molar-refractivity contribution in [3.63, 3.8) is 0 Å². The maximum atomic E-state index is 12.3. The number of anilines is 2. The predicted molar refractivity (Wildman–Crippen MR) is 89.6 cm³/mol. The summed E-state index contributed by atoms with van der Waals surface area (Å²) >= 11 is 1.37. The van der Waals surface area contributed by atoms with Crippen LogP contribution >= 0.6 is 11.3 Å². The van der Waals surface area contributed by atoms with Crippen LogP contribution in [0.1, 0.15) is 23.9 Å². The summed E-state index contributed by atoms with van der Waals surface area (Å²) in [6.07, 6.45) is 1.01. The molecule has 1 aliphatic rings. The Balaban J connectivity index is 1.66. The molecular formula is C16H18N4O2S. The molecule has 0 aliphatic carbocycles. The fourth-order valence-electron chi connectivity index (χ4n) is 2.51. The average Bonchev–Trinajstić information content (AvgIpc) is 3.15. The van der Waals surface area contributed by atoms with E-state index in [0.717, 1.165) is 22.7 Å². The summed E-state index contributed by atoms with van der Waals surface area (Å²) in [7, 11) is 0. The lowest BCUT2D eigenvalue weighted by Gasteiger charge is -2.16. The highest BCUT2D eigenvalue weighted by Gasteiger charge is 2.35. The molecule has 0 bridgehead atoms. The molecule has 2 amide bonds. The summed E-state index contributed by atoms with van der Waals surface area (Å²) in [6.45, 7) is 4.38. The lowest BCUT2D eigenvalue weighted by atomic mass is 10.1. The molecule has 0 saturated carbocycles. The third-order valence-corrected chi connectivity index (χ3v) is 4.82. The van der Waals surface area contributed by atoms with Gasteiger partial charge in [0, 0.05) is 18.7 Å². The van der Waals surface area contributed by atoms with Crippen LogP contribution in [0.25, 0.3) is 0 Å². The van der Waals surface area contributed by atoms with Crippen molar-refractivity contribution < 1.29 is 9.59 Å². The molecule has 0 unspecified atom stereocenters. The molecule has 1 fully saturated rings. The number of rotatable bonds is 4. The minimum atomic E-state index is -0.363. The zero-order valence-electron chi connectivity index (χ0n) is 13.1. The maximum absolute atomic E-state index is 12.3. The number of carbonyl (C=O) groups excluding carboxylic acids is 2. The number of nitrogens with one attached hydrogen (secondary N) is 1. The highest BCUT2D eigenvalue weighted by molar-refractivity contribution is 7.15. The van der Waals surface area contributed by atoms with E-state index < -0.39 is 0 Å². The number of benzene rings is 1. The first kappa shape index (κ1) is 15.6. The van der Waals surface area contributed by atoms with E-state index in [1.165, 1.54) is 11.3 Å². The quantitative estimate of drug-likeness (QED) is 0.934. The van der Waals surface area contributed by atoms with Crippen LogP contribution in [-0.4, -0.2) is 28.6 Å². The van der Waals surface area contributed by atoms with Crippen LogP contribution in [0.4, 0.5) is 10.8 Å². The minimum Gasteiger partial charge on any atom is -0.312 e. The molecule has 1 atom stereocenters. The monoisotopic (exact) mass is 330 g/mol. The Morgan fingerprint density at radius 2 is 2.09 bits per heavy atom. The molecule has 1 aromatic heterocycles. The maximum Gasteiger partial charge on any atom is 0.231 e.